The molecule has 1 unspecified atom stereocenters. The minimum Gasteiger partial charge on any atom is -0.486 e. The highest BCUT2D eigenvalue weighted by Crippen LogP contribution is 2.32. The van der Waals surface area contributed by atoms with Crippen LogP contribution in [0.2, 0.25) is 0 Å². The van der Waals surface area contributed by atoms with E-state index in [0.717, 1.165) is 55.4 Å². The molecule has 0 aliphatic heterocycles. The first-order valence-corrected chi connectivity index (χ1v) is 13.1. The molecule has 5 nitrogen and oxygen atoms in total. The van der Waals surface area contributed by atoms with Crippen molar-refractivity contribution in [3.63, 3.8) is 0 Å². The largest absolute Gasteiger partial charge is 0.486 e. The van der Waals surface area contributed by atoms with Crippen molar-refractivity contribution >= 4 is 11.8 Å². The summed E-state index contributed by atoms with van der Waals surface area (Å²) in [6.07, 6.45) is -1.45. The summed E-state index contributed by atoms with van der Waals surface area (Å²) in [5.74, 6) is -0.983. The fraction of sp³-hybridized carbons (Fsp3) is 0.355. The Kier molecular flexibility index (Phi) is 10.7. The number of alkyl halides is 3. The molecule has 0 heterocycles. The highest BCUT2D eigenvalue weighted by molar-refractivity contribution is 5.96. The van der Waals surface area contributed by atoms with Crippen LogP contribution >= 0.6 is 0 Å². The van der Waals surface area contributed by atoms with Crippen LogP contribution in [0.4, 0.5) is 13.2 Å². The lowest BCUT2D eigenvalue weighted by Crippen LogP contribution is -2.20. The summed E-state index contributed by atoms with van der Waals surface area (Å²) in [6, 6.07) is 19.2. The fourth-order valence-corrected chi connectivity index (χ4v) is 4.21. The molecule has 0 radical (unpaired) electrons. The molecule has 8 heteroatoms. The standard InChI is InChI=1S/C31H33F3O5/c1-2-3-4-5-6-29(24-9-7-23(8-10-24)27(35)19-20-28(36)30(37)38)39-26-17-13-22(14-18-26)21-11-15-25(16-12-21)31(32,33)34/h7-18,28-29,36H,2-6,19-20H2,1H3,(H,37,38)/t28-,29?/m1/s1. The van der Waals surface area contributed by atoms with E-state index in [0.29, 0.717) is 16.9 Å². The molecule has 0 aromatic heterocycles. The molecular weight excluding hydrogens is 509 g/mol. The van der Waals surface area contributed by atoms with Crippen LogP contribution in [0, 0.1) is 0 Å². The van der Waals surface area contributed by atoms with E-state index >= 15 is 0 Å². The Balaban J connectivity index is 1.70. The molecule has 0 fully saturated rings. The van der Waals surface area contributed by atoms with Gasteiger partial charge in [-0.15, -0.1) is 0 Å². The third-order valence-electron chi connectivity index (χ3n) is 6.53. The number of aliphatic hydroxyl groups is 1. The minimum absolute atomic E-state index is 0.0744. The topological polar surface area (TPSA) is 83.8 Å². The summed E-state index contributed by atoms with van der Waals surface area (Å²) < 4.78 is 44.9. The molecule has 3 aromatic rings. The molecule has 0 bridgehead atoms. The molecule has 0 saturated carbocycles. The fourth-order valence-electron chi connectivity index (χ4n) is 4.21. The number of unbranched alkanes of at least 4 members (excludes halogenated alkanes) is 3. The second-order valence-electron chi connectivity index (χ2n) is 9.49. The van der Waals surface area contributed by atoms with E-state index in [1.54, 1.807) is 36.4 Å². The van der Waals surface area contributed by atoms with Crippen molar-refractivity contribution in [3.05, 3.63) is 89.5 Å². The Morgan fingerprint density at radius 1 is 0.821 bits per heavy atom. The molecule has 0 aliphatic carbocycles. The molecule has 0 spiro atoms. The van der Waals surface area contributed by atoms with Gasteiger partial charge in [-0.1, -0.05) is 74.7 Å². The van der Waals surface area contributed by atoms with Crippen molar-refractivity contribution in [2.75, 3.05) is 0 Å². The molecule has 2 N–H and O–H groups in total. The SMILES string of the molecule is CCCCCCC(Oc1ccc(-c2ccc(C(F)(F)F)cc2)cc1)c1ccc(C(=O)CC[C@@H](O)C(=O)O)cc1. The van der Waals surface area contributed by atoms with E-state index in [4.69, 9.17) is 9.84 Å². The average molecular weight is 543 g/mol. The van der Waals surface area contributed by atoms with Gasteiger partial charge in [0.2, 0.25) is 0 Å². The van der Waals surface area contributed by atoms with E-state index in [1.807, 2.05) is 12.1 Å². The first-order valence-electron chi connectivity index (χ1n) is 13.1. The number of aliphatic hydroxyl groups excluding tert-OH is 1. The van der Waals surface area contributed by atoms with Crippen molar-refractivity contribution in [3.8, 4) is 16.9 Å². The first kappa shape index (κ1) is 29.9. The number of carbonyl (C=O) groups is 2. The quantitative estimate of drug-likeness (QED) is 0.160. The third-order valence-corrected chi connectivity index (χ3v) is 6.53. The van der Waals surface area contributed by atoms with Crippen LogP contribution in [0.25, 0.3) is 11.1 Å². The predicted molar refractivity (Wildman–Crippen MR) is 143 cm³/mol. The number of benzene rings is 3. The Hall–Kier alpha value is -3.65. The van der Waals surface area contributed by atoms with E-state index in [-0.39, 0.29) is 24.7 Å². The smallest absolute Gasteiger partial charge is 0.416 e. The zero-order chi connectivity index (χ0) is 28.4. The van der Waals surface area contributed by atoms with E-state index in [1.165, 1.54) is 12.1 Å². The summed E-state index contributed by atoms with van der Waals surface area (Å²) in [5.41, 5.74) is 2.07. The molecular formula is C31H33F3O5. The van der Waals surface area contributed by atoms with Crippen LogP contribution in [0.5, 0.6) is 5.75 Å². The van der Waals surface area contributed by atoms with Gasteiger partial charge in [0.25, 0.3) is 0 Å². The Morgan fingerprint density at radius 3 is 1.95 bits per heavy atom. The second-order valence-corrected chi connectivity index (χ2v) is 9.49. The maximum absolute atomic E-state index is 12.9. The van der Waals surface area contributed by atoms with Gasteiger partial charge in [0.1, 0.15) is 11.9 Å². The van der Waals surface area contributed by atoms with Crippen LogP contribution in [-0.4, -0.2) is 28.1 Å². The van der Waals surface area contributed by atoms with Crippen molar-refractivity contribution in [2.24, 2.45) is 0 Å². The number of carbonyl (C=O) groups excluding carboxylic acids is 1. The molecule has 0 amide bonds. The third kappa shape index (κ3) is 8.96. The Bertz CT molecular complexity index is 1200. The number of carboxylic acids is 1. The Morgan fingerprint density at radius 2 is 1.41 bits per heavy atom. The van der Waals surface area contributed by atoms with Gasteiger partial charge >= 0.3 is 12.1 Å². The van der Waals surface area contributed by atoms with Crippen LogP contribution < -0.4 is 4.74 Å². The number of rotatable bonds is 14. The van der Waals surface area contributed by atoms with Crippen molar-refractivity contribution in [1.82, 2.24) is 0 Å². The van der Waals surface area contributed by atoms with Crippen molar-refractivity contribution in [1.29, 1.82) is 0 Å². The summed E-state index contributed by atoms with van der Waals surface area (Å²) in [4.78, 5) is 23.2. The molecule has 2 atom stereocenters. The number of carboxylic acid groups (broad SMARTS) is 1. The number of ether oxygens (including phenoxy) is 1. The zero-order valence-electron chi connectivity index (χ0n) is 21.8. The summed E-state index contributed by atoms with van der Waals surface area (Å²) in [6.45, 7) is 2.14. The summed E-state index contributed by atoms with van der Waals surface area (Å²) in [5, 5.41) is 18.2. The van der Waals surface area contributed by atoms with Gasteiger partial charge in [-0.3, -0.25) is 4.79 Å². The van der Waals surface area contributed by atoms with Gasteiger partial charge in [-0.2, -0.15) is 13.2 Å². The van der Waals surface area contributed by atoms with Gasteiger partial charge in [-0.25, -0.2) is 4.79 Å². The molecule has 208 valence electrons. The number of Topliss-reactive ketones (excluding diaryl/α,β-unsaturated/α-hetero) is 1. The van der Waals surface area contributed by atoms with Gasteiger partial charge in [0, 0.05) is 12.0 Å². The van der Waals surface area contributed by atoms with Gasteiger partial charge in [-0.05, 0) is 60.2 Å². The number of hydrogen-bond donors (Lipinski definition) is 2. The average Bonchev–Trinajstić information content (AvgIpc) is 2.93. The molecule has 0 saturated heterocycles. The van der Waals surface area contributed by atoms with Crippen LogP contribution in [-0.2, 0) is 11.0 Å². The highest BCUT2D eigenvalue weighted by Gasteiger charge is 2.30. The lowest BCUT2D eigenvalue weighted by atomic mass is 9.98. The second kappa shape index (κ2) is 13.9. The monoisotopic (exact) mass is 542 g/mol. The van der Waals surface area contributed by atoms with E-state index < -0.39 is 23.8 Å². The summed E-state index contributed by atoms with van der Waals surface area (Å²) in [7, 11) is 0. The molecule has 0 aliphatic rings. The normalized spacial score (nSPS) is 13.1. The first-order chi connectivity index (χ1) is 18.6. The Labute approximate surface area is 226 Å². The van der Waals surface area contributed by atoms with Crippen LogP contribution in [0.15, 0.2) is 72.8 Å². The highest BCUT2D eigenvalue weighted by atomic mass is 19.4. The number of hydrogen-bond acceptors (Lipinski definition) is 4. The van der Waals surface area contributed by atoms with Crippen LogP contribution in [0.3, 0.4) is 0 Å². The minimum atomic E-state index is -4.38. The van der Waals surface area contributed by atoms with E-state index in [9.17, 15) is 27.9 Å². The van der Waals surface area contributed by atoms with Crippen LogP contribution in [0.1, 0.15) is 79.5 Å². The maximum Gasteiger partial charge on any atom is 0.416 e. The van der Waals surface area contributed by atoms with Crippen molar-refractivity contribution < 1.29 is 37.7 Å². The molecule has 3 rings (SSSR count). The number of halogens is 3. The lowest BCUT2D eigenvalue weighted by molar-refractivity contribution is -0.146. The number of ketones is 1. The lowest BCUT2D eigenvalue weighted by Gasteiger charge is -2.20. The number of aliphatic carboxylic acids is 1. The van der Waals surface area contributed by atoms with Gasteiger partial charge in [0.15, 0.2) is 11.9 Å². The van der Waals surface area contributed by atoms with Gasteiger partial charge < -0.3 is 14.9 Å². The van der Waals surface area contributed by atoms with E-state index in [2.05, 4.69) is 6.92 Å². The zero-order valence-corrected chi connectivity index (χ0v) is 21.8. The summed E-state index contributed by atoms with van der Waals surface area (Å²) >= 11 is 0. The van der Waals surface area contributed by atoms with Crippen molar-refractivity contribution in [2.45, 2.75) is 70.3 Å². The maximum atomic E-state index is 12.9. The van der Waals surface area contributed by atoms with Gasteiger partial charge in [0.05, 0.1) is 5.56 Å². The predicted octanol–water partition coefficient (Wildman–Crippen LogP) is 7.87. The molecule has 3 aromatic carbocycles. The molecule has 39 heavy (non-hydrogen) atoms.